The average Bonchev–Trinajstić information content (AvgIpc) is 2.82. The Morgan fingerprint density at radius 3 is 2.67 bits per heavy atom. The molecular formula is C9H12IN3O5. The van der Waals surface area contributed by atoms with Crippen LogP contribution < -0.4 is 5.73 Å². The zero-order valence-corrected chi connectivity index (χ0v) is 11.3. The van der Waals surface area contributed by atoms with E-state index < -0.39 is 37.1 Å². The summed E-state index contributed by atoms with van der Waals surface area (Å²) in [6.45, 7) is -0.421. The molecule has 0 saturated carbocycles. The van der Waals surface area contributed by atoms with Crippen molar-refractivity contribution in [3.05, 3.63) is 15.5 Å². The molecule has 1 aliphatic heterocycles. The maximum Gasteiger partial charge on any atom is 0.270 e. The van der Waals surface area contributed by atoms with Gasteiger partial charge in [-0.25, -0.2) is 4.68 Å². The summed E-state index contributed by atoms with van der Waals surface area (Å²) in [5.41, 5.74) is 5.19. The van der Waals surface area contributed by atoms with Gasteiger partial charge in [0.25, 0.3) is 5.91 Å². The Balaban J connectivity index is 2.27. The number of halogens is 1. The summed E-state index contributed by atoms with van der Waals surface area (Å²) in [5.74, 6) is -0.690. The van der Waals surface area contributed by atoms with Crippen LogP contribution in [0.3, 0.4) is 0 Å². The van der Waals surface area contributed by atoms with Crippen LogP contribution in [0.25, 0.3) is 0 Å². The normalized spacial score (nSPS) is 31.8. The van der Waals surface area contributed by atoms with E-state index in [1.807, 2.05) is 22.6 Å². The highest BCUT2D eigenvalue weighted by atomic mass is 127. The number of amides is 1. The van der Waals surface area contributed by atoms with Crippen molar-refractivity contribution in [2.75, 3.05) is 6.61 Å². The van der Waals surface area contributed by atoms with Crippen LogP contribution in [-0.4, -0.2) is 55.9 Å². The number of carbonyl (C=O) groups excluding carboxylic acids is 1. The molecule has 0 bridgehead atoms. The van der Waals surface area contributed by atoms with Gasteiger partial charge in [0.15, 0.2) is 11.9 Å². The molecule has 0 aliphatic carbocycles. The number of ether oxygens (including phenoxy) is 1. The molecule has 0 spiro atoms. The van der Waals surface area contributed by atoms with Crippen LogP contribution in [0.5, 0.6) is 0 Å². The van der Waals surface area contributed by atoms with Crippen LogP contribution in [0.1, 0.15) is 16.7 Å². The Labute approximate surface area is 115 Å². The molecule has 8 nitrogen and oxygen atoms in total. The third-order valence-electron chi connectivity index (χ3n) is 2.70. The predicted octanol–water partition coefficient (Wildman–Crippen LogP) is -1.80. The number of nitrogens with two attached hydrogens (primary N) is 1. The van der Waals surface area contributed by atoms with Gasteiger partial charge >= 0.3 is 0 Å². The van der Waals surface area contributed by atoms with E-state index in [0.29, 0.717) is 3.57 Å². The number of carbonyl (C=O) groups is 1. The lowest BCUT2D eigenvalue weighted by Crippen LogP contribution is -2.33. The first-order valence-electron chi connectivity index (χ1n) is 5.12. The molecule has 1 aromatic rings. The molecule has 1 saturated heterocycles. The second kappa shape index (κ2) is 5.09. The Hall–Kier alpha value is -0.750. The molecule has 1 aromatic heterocycles. The van der Waals surface area contributed by atoms with Crippen molar-refractivity contribution in [2.45, 2.75) is 24.5 Å². The van der Waals surface area contributed by atoms with Gasteiger partial charge < -0.3 is 25.8 Å². The Kier molecular flexibility index (Phi) is 3.87. The predicted molar refractivity (Wildman–Crippen MR) is 66.5 cm³/mol. The Morgan fingerprint density at radius 1 is 1.56 bits per heavy atom. The van der Waals surface area contributed by atoms with Gasteiger partial charge in [-0.2, -0.15) is 5.10 Å². The fraction of sp³-hybridized carbons (Fsp3) is 0.556. The number of hydrogen-bond acceptors (Lipinski definition) is 6. The highest BCUT2D eigenvalue weighted by Gasteiger charge is 2.44. The molecule has 1 fully saturated rings. The summed E-state index contributed by atoms with van der Waals surface area (Å²) < 4.78 is 6.99. The number of aromatic nitrogens is 2. The van der Waals surface area contributed by atoms with Gasteiger partial charge in [-0.05, 0) is 22.6 Å². The van der Waals surface area contributed by atoms with E-state index in [0.717, 1.165) is 0 Å². The third-order valence-corrected chi connectivity index (χ3v) is 3.49. The lowest BCUT2D eigenvalue weighted by Gasteiger charge is -2.14. The molecule has 100 valence electrons. The maximum absolute atomic E-state index is 11.1. The topological polar surface area (TPSA) is 131 Å². The molecule has 1 aliphatic rings. The highest BCUT2D eigenvalue weighted by Crippen LogP contribution is 2.29. The first-order chi connectivity index (χ1) is 8.45. The van der Waals surface area contributed by atoms with Crippen LogP contribution in [-0.2, 0) is 4.74 Å². The van der Waals surface area contributed by atoms with E-state index in [1.165, 1.54) is 10.9 Å². The van der Waals surface area contributed by atoms with Crippen molar-refractivity contribution in [3.8, 4) is 0 Å². The van der Waals surface area contributed by atoms with Crippen LogP contribution in [0.4, 0.5) is 0 Å². The van der Waals surface area contributed by atoms with Crippen molar-refractivity contribution < 1.29 is 24.9 Å². The van der Waals surface area contributed by atoms with Gasteiger partial charge in [-0.1, -0.05) is 0 Å². The van der Waals surface area contributed by atoms with Crippen molar-refractivity contribution in [2.24, 2.45) is 5.73 Å². The fourth-order valence-electron chi connectivity index (χ4n) is 1.77. The molecule has 5 N–H and O–H groups in total. The minimum atomic E-state index is -1.24. The summed E-state index contributed by atoms with van der Waals surface area (Å²) in [7, 11) is 0. The number of aliphatic hydroxyl groups excluding tert-OH is 3. The van der Waals surface area contributed by atoms with Crippen molar-refractivity contribution in [1.82, 2.24) is 9.78 Å². The number of aliphatic hydroxyl groups is 3. The van der Waals surface area contributed by atoms with Gasteiger partial charge in [0.2, 0.25) is 0 Å². The van der Waals surface area contributed by atoms with Crippen LogP contribution in [0.15, 0.2) is 6.20 Å². The third kappa shape index (κ3) is 2.23. The molecule has 4 atom stereocenters. The zero-order valence-electron chi connectivity index (χ0n) is 9.10. The summed E-state index contributed by atoms with van der Waals surface area (Å²) in [4.78, 5) is 11.1. The first kappa shape index (κ1) is 13.7. The van der Waals surface area contributed by atoms with E-state index in [-0.39, 0.29) is 5.69 Å². The number of hydrogen-bond donors (Lipinski definition) is 4. The zero-order chi connectivity index (χ0) is 13.4. The van der Waals surface area contributed by atoms with E-state index in [1.54, 1.807) is 0 Å². The second-order valence-corrected chi connectivity index (χ2v) is 5.06. The quantitative estimate of drug-likeness (QED) is 0.465. The molecular weight excluding hydrogens is 357 g/mol. The summed E-state index contributed by atoms with van der Waals surface area (Å²) in [6, 6.07) is 0. The van der Waals surface area contributed by atoms with Crippen LogP contribution in [0, 0.1) is 3.57 Å². The lowest BCUT2D eigenvalue weighted by molar-refractivity contribution is -0.0587. The van der Waals surface area contributed by atoms with E-state index in [9.17, 15) is 15.0 Å². The number of primary amides is 1. The van der Waals surface area contributed by atoms with Gasteiger partial charge in [0.05, 0.1) is 10.2 Å². The highest BCUT2D eigenvalue weighted by molar-refractivity contribution is 14.1. The minimum absolute atomic E-state index is 0.0633. The standard InChI is InChI=1S/C9H12IN3O5/c10-3-1-13(12-5(3)8(11)17)9-7(16)6(15)4(2-14)18-9/h1,4,6-7,9,14-16H,2H2,(H2,11,17)/t4-,6-,7-,9-/m1/s1. The molecule has 0 unspecified atom stereocenters. The Morgan fingerprint density at radius 2 is 2.22 bits per heavy atom. The molecule has 1 amide bonds. The number of rotatable bonds is 3. The summed E-state index contributed by atoms with van der Waals surface area (Å²) >= 11 is 1.88. The van der Waals surface area contributed by atoms with Gasteiger partial charge in [-0.15, -0.1) is 0 Å². The number of nitrogens with zero attached hydrogens (tertiary/aromatic N) is 2. The van der Waals surface area contributed by atoms with Crippen molar-refractivity contribution >= 4 is 28.5 Å². The average molecular weight is 369 g/mol. The second-order valence-electron chi connectivity index (χ2n) is 3.90. The van der Waals surface area contributed by atoms with Crippen LogP contribution >= 0.6 is 22.6 Å². The van der Waals surface area contributed by atoms with Crippen molar-refractivity contribution in [3.63, 3.8) is 0 Å². The molecule has 9 heteroatoms. The van der Waals surface area contributed by atoms with E-state index in [4.69, 9.17) is 15.6 Å². The molecule has 0 aromatic carbocycles. The minimum Gasteiger partial charge on any atom is -0.394 e. The maximum atomic E-state index is 11.1. The van der Waals surface area contributed by atoms with E-state index >= 15 is 0 Å². The molecule has 2 heterocycles. The van der Waals surface area contributed by atoms with Gasteiger partial charge in [0.1, 0.15) is 18.3 Å². The molecule has 0 radical (unpaired) electrons. The lowest BCUT2D eigenvalue weighted by atomic mass is 10.1. The first-order valence-corrected chi connectivity index (χ1v) is 6.20. The SMILES string of the molecule is NC(=O)c1nn([C@@H]2O[C@H](CO)[C@@H](O)[C@H]2O)cc1I. The van der Waals surface area contributed by atoms with Gasteiger partial charge in [0, 0.05) is 6.20 Å². The van der Waals surface area contributed by atoms with Crippen molar-refractivity contribution in [1.29, 1.82) is 0 Å². The summed E-state index contributed by atoms with van der Waals surface area (Å²) in [6.07, 6.45) is -2.82. The molecule has 2 rings (SSSR count). The summed E-state index contributed by atoms with van der Waals surface area (Å²) in [5, 5.41) is 32.3. The van der Waals surface area contributed by atoms with Gasteiger partial charge in [-0.3, -0.25) is 4.79 Å². The van der Waals surface area contributed by atoms with Crippen LogP contribution in [0.2, 0.25) is 0 Å². The largest absolute Gasteiger partial charge is 0.394 e. The Bertz CT molecular complexity index is 465. The fourth-order valence-corrected chi connectivity index (χ4v) is 2.42. The molecule has 18 heavy (non-hydrogen) atoms. The monoisotopic (exact) mass is 369 g/mol. The van der Waals surface area contributed by atoms with E-state index in [2.05, 4.69) is 5.10 Å². The smallest absolute Gasteiger partial charge is 0.270 e.